The van der Waals surface area contributed by atoms with Crippen molar-refractivity contribution in [3.63, 3.8) is 0 Å². The molecule has 2 nitrogen and oxygen atoms in total. The molecule has 0 spiro atoms. The van der Waals surface area contributed by atoms with E-state index in [0.717, 1.165) is 10.2 Å². The number of aromatic nitrogens is 1. The van der Waals surface area contributed by atoms with Gasteiger partial charge in [-0.25, -0.2) is 0 Å². The highest BCUT2D eigenvalue weighted by Gasteiger charge is 2.04. The molecule has 1 rings (SSSR count). The number of rotatable bonds is 3. The minimum atomic E-state index is 0.137. The highest BCUT2D eigenvalue weighted by molar-refractivity contribution is 9.10. The van der Waals surface area contributed by atoms with Gasteiger partial charge in [-0.15, -0.1) is 6.58 Å². The van der Waals surface area contributed by atoms with E-state index < -0.39 is 0 Å². The molecular formula is C9H11BrN2. The normalized spacial score (nSPS) is 12.5. The first-order valence-corrected chi connectivity index (χ1v) is 4.48. The fraction of sp³-hybridized carbons (Fsp3) is 0.222. The molecule has 12 heavy (non-hydrogen) atoms. The third kappa shape index (κ3) is 2.16. The summed E-state index contributed by atoms with van der Waals surface area (Å²) in [6.07, 6.45) is 3.61. The van der Waals surface area contributed by atoms with Crippen molar-refractivity contribution >= 4 is 15.9 Å². The van der Waals surface area contributed by atoms with Crippen molar-refractivity contribution in [2.75, 3.05) is 7.05 Å². The van der Waals surface area contributed by atoms with Crippen LogP contribution in [0.2, 0.25) is 0 Å². The van der Waals surface area contributed by atoms with E-state index in [0.29, 0.717) is 0 Å². The van der Waals surface area contributed by atoms with Crippen molar-refractivity contribution in [3.05, 3.63) is 41.2 Å². The number of nitrogens with one attached hydrogen (secondary N) is 1. The Labute approximate surface area is 80.8 Å². The van der Waals surface area contributed by atoms with E-state index in [2.05, 4.69) is 32.8 Å². The van der Waals surface area contributed by atoms with Crippen molar-refractivity contribution < 1.29 is 0 Å². The molecule has 1 unspecified atom stereocenters. The summed E-state index contributed by atoms with van der Waals surface area (Å²) >= 11 is 3.33. The van der Waals surface area contributed by atoms with Gasteiger partial charge in [0.05, 0.1) is 11.7 Å². The van der Waals surface area contributed by atoms with Crippen LogP contribution in [0.4, 0.5) is 0 Å². The lowest BCUT2D eigenvalue weighted by Gasteiger charge is -2.09. The van der Waals surface area contributed by atoms with E-state index >= 15 is 0 Å². The molecule has 3 heteroatoms. The number of hydrogen-bond acceptors (Lipinski definition) is 2. The number of pyridine rings is 1. The fourth-order valence-electron chi connectivity index (χ4n) is 0.958. The summed E-state index contributed by atoms with van der Waals surface area (Å²) in [4.78, 5) is 4.24. The largest absolute Gasteiger partial charge is 0.309 e. The van der Waals surface area contributed by atoms with Crippen LogP contribution in [0.1, 0.15) is 11.7 Å². The quantitative estimate of drug-likeness (QED) is 0.801. The average Bonchev–Trinajstić information content (AvgIpc) is 2.10. The summed E-state index contributed by atoms with van der Waals surface area (Å²) in [5.41, 5.74) is 0.982. The molecular weight excluding hydrogens is 216 g/mol. The van der Waals surface area contributed by atoms with Crippen LogP contribution in [-0.4, -0.2) is 12.0 Å². The minimum absolute atomic E-state index is 0.137. The monoisotopic (exact) mass is 226 g/mol. The predicted octanol–water partition coefficient (Wildman–Crippen LogP) is 2.29. The van der Waals surface area contributed by atoms with Crippen molar-refractivity contribution in [1.29, 1.82) is 0 Å². The fourth-order valence-corrected chi connectivity index (χ4v) is 1.19. The number of hydrogen-bond donors (Lipinski definition) is 1. The van der Waals surface area contributed by atoms with Gasteiger partial charge >= 0.3 is 0 Å². The Bertz CT molecular complexity index is 256. The van der Waals surface area contributed by atoms with E-state index in [1.54, 1.807) is 6.20 Å². The van der Waals surface area contributed by atoms with Gasteiger partial charge in [0.15, 0.2) is 0 Å². The first-order valence-electron chi connectivity index (χ1n) is 3.69. The molecule has 1 N–H and O–H groups in total. The second kappa shape index (κ2) is 4.38. The van der Waals surface area contributed by atoms with Gasteiger partial charge < -0.3 is 5.32 Å². The van der Waals surface area contributed by atoms with E-state index in [4.69, 9.17) is 0 Å². The smallest absolute Gasteiger partial charge is 0.0676 e. The van der Waals surface area contributed by atoms with Crippen LogP contribution in [0.25, 0.3) is 0 Å². The van der Waals surface area contributed by atoms with Gasteiger partial charge in [-0.3, -0.25) is 4.98 Å². The van der Waals surface area contributed by atoms with Crippen molar-refractivity contribution in [2.24, 2.45) is 0 Å². The Kier molecular flexibility index (Phi) is 3.44. The SMILES string of the molecule is C=CC(NC)c1ccc(Br)cn1. The maximum Gasteiger partial charge on any atom is 0.0676 e. The maximum absolute atomic E-state index is 4.24. The summed E-state index contributed by atoms with van der Waals surface area (Å²) < 4.78 is 0.991. The van der Waals surface area contributed by atoms with E-state index in [9.17, 15) is 0 Å². The zero-order chi connectivity index (χ0) is 8.97. The molecule has 0 bridgehead atoms. The predicted molar refractivity (Wildman–Crippen MR) is 53.9 cm³/mol. The molecule has 64 valence electrons. The van der Waals surface area contributed by atoms with Gasteiger partial charge in [-0.1, -0.05) is 6.08 Å². The minimum Gasteiger partial charge on any atom is -0.309 e. The molecule has 1 aromatic heterocycles. The molecule has 0 saturated heterocycles. The third-order valence-corrected chi connectivity index (χ3v) is 2.08. The summed E-state index contributed by atoms with van der Waals surface area (Å²) in [6, 6.07) is 4.07. The summed E-state index contributed by atoms with van der Waals surface area (Å²) in [7, 11) is 1.88. The molecule has 0 fully saturated rings. The van der Waals surface area contributed by atoms with Crippen LogP contribution in [0.5, 0.6) is 0 Å². The van der Waals surface area contributed by atoms with Gasteiger partial charge in [0.2, 0.25) is 0 Å². The zero-order valence-corrected chi connectivity index (χ0v) is 8.51. The van der Waals surface area contributed by atoms with Crippen LogP contribution < -0.4 is 5.32 Å². The third-order valence-electron chi connectivity index (χ3n) is 1.62. The number of likely N-dealkylation sites (N-methyl/N-ethyl adjacent to an activating group) is 1. The van der Waals surface area contributed by atoms with Crippen molar-refractivity contribution in [1.82, 2.24) is 10.3 Å². The molecule has 1 atom stereocenters. The second-order valence-electron chi connectivity index (χ2n) is 2.40. The highest BCUT2D eigenvalue weighted by atomic mass is 79.9. The van der Waals surface area contributed by atoms with E-state index in [1.807, 2.05) is 25.3 Å². The van der Waals surface area contributed by atoms with Crippen LogP contribution in [0.3, 0.4) is 0 Å². The van der Waals surface area contributed by atoms with Gasteiger partial charge in [-0.2, -0.15) is 0 Å². The van der Waals surface area contributed by atoms with Gasteiger partial charge in [0.1, 0.15) is 0 Å². The standard InChI is InChI=1S/C9H11BrN2/c1-3-8(11-2)9-5-4-7(10)6-12-9/h3-6,8,11H,1H2,2H3. The van der Waals surface area contributed by atoms with Crippen molar-refractivity contribution in [2.45, 2.75) is 6.04 Å². The van der Waals surface area contributed by atoms with Gasteiger partial charge in [0.25, 0.3) is 0 Å². The first kappa shape index (κ1) is 9.42. The molecule has 0 aliphatic rings. The molecule has 1 heterocycles. The van der Waals surface area contributed by atoms with Crippen molar-refractivity contribution in [3.8, 4) is 0 Å². The van der Waals surface area contributed by atoms with E-state index in [-0.39, 0.29) is 6.04 Å². The Hall–Kier alpha value is -0.670. The Balaban J connectivity index is 2.87. The number of nitrogens with zero attached hydrogens (tertiary/aromatic N) is 1. The Morgan fingerprint density at radius 2 is 2.42 bits per heavy atom. The summed E-state index contributed by atoms with van der Waals surface area (Å²) in [5.74, 6) is 0. The van der Waals surface area contributed by atoms with Gasteiger partial charge in [0, 0.05) is 10.7 Å². The lowest BCUT2D eigenvalue weighted by Crippen LogP contribution is -2.14. The molecule has 0 amide bonds. The molecule has 0 radical (unpaired) electrons. The molecule has 0 aliphatic heterocycles. The van der Waals surface area contributed by atoms with Gasteiger partial charge in [-0.05, 0) is 35.1 Å². The maximum atomic E-state index is 4.24. The van der Waals surface area contributed by atoms with Crippen LogP contribution >= 0.6 is 15.9 Å². The molecule has 0 aliphatic carbocycles. The average molecular weight is 227 g/mol. The van der Waals surface area contributed by atoms with Crippen LogP contribution in [-0.2, 0) is 0 Å². The highest BCUT2D eigenvalue weighted by Crippen LogP contribution is 2.13. The van der Waals surface area contributed by atoms with Crippen LogP contribution in [0.15, 0.2) is 35.5 Å². The molecule has 1 aromatic rings. The topological polar surface area (TPSA) is 24.9 Å². The number of halogens is 1. The Morgan fingerprint density at radius 1 is 1.67 bits per heavy atom. The lowest BCUT2D eigenvalue weighted by atomic mass is 10.2. The molecule has 0 saturated carbocycles. The first-order chi connectivity index (χ1) is 5.77. The second-order valence-corrected chi connectivity index (χ2v) is 3.32. The van der Waals surface area contributed by atoms with E-state index in [1.165, 1.54) is 0 Å². The Morgan fingerprint density at radius 3 is 2.83 bits per heavy atom. The summed E-state index contributed by atoms with van der Waals surface area (Å²) in [5, 5.41) is 3.09. The zero-order valence-electron chi connectivity index (χ0n) is 6.92. The van der Waals surface area contributed by atoms with Crippen LogP contribution in [0, 0.1) is 0 Å². The molecule has 0 aromatic carbocycles. The summed E-state index contributed by atoms with van der Waals surface area (Å²) in [6.45, 7) is 3.72. The lowest BCUT2D eigenvalue weighted by molar-refractivity contribution is 0.693.